The Bertz CT molecular complexity index is 1080. The van der Waals surface area contributed by atoms with Gasteiger partial charge in [0.1, 0.15) is 11.5 Å². The molecule has 1 saturated heterocycles. The number of carbonyl (C=O) groups excluding carboxylic acids is 1. The lowest BCUT2D eigenvalue weighted by Gasteiger charge is -2.26. The van der Waals surface area contributed by atoms with Crippen molar-refractivity contribution in [2.45, 2.75) is 39.2 Å². The largest absolute Gasteiger partial charge is 0.490 e. The summed E-state index contributed by atoms with van der Waals surface area (Å²) in [6.07, 6.45) is 7.49. The summed E-state index contributed by atoms with van der Waals surface area (Å²) in [5.41, 5.74) is 1.41. The zero-order valence-corrected chi connectivity index (χ0v) is 19.2. The third-order valence-electron chi connectivity index (χ3n) is 5.53. The SMILES string of the molecule is Cc1cc(CNC(=O)c2cnc(Nc3ccc(OCCCN4CCCCC4)c(F)c3)nc2)no1. The molecule has 3 aromatic rings. The number of anilines is 2. The Balaban J connectivity index is 1.23. The lowest BCUT2D eigenvalue weighted by Crippen LogP contribution is -2.31. The van der Waals surface area contributed by atoms with Crippen LogP contribution in [-0.4, -0.2) is 52.2 Å². The van der Waals surface area contributed by atoms with Gasteiger partial charge in [-0.2, -0.15) is 0 Å². The minimum absolute atomic E-state index is 0.222. The summed E-state index contributed by atoms with van der Waals surface area (Å²) in [5, 5.41) is 9.48. The Labute approximate surface area is 197 Å². The van der Waals surface area contributed by atoms with Crippen molar-refractivity contribution in [3.05, 3.63) is 59.5 Å². The second-order valence-corrected chi connectivity index (χ2v) is 8.28. The molecule has 34 heavy (non-hydrogen) atoms. The lowest BCUT2D eigenvalue weighted by atomic mass is 10.1. The summed E-state index contributed by atoms with van der Waals surface area (Å²) in [5.74, 6) is 0.353. The Hall–Kier alpha value is -3.53. The summed E-state index contributed by atoms with van der Waals surface area (Å²) in [7, 11) is 0. The number of amides is 1. The van der Waals surface area contributed by atoms with Crippen molar-refractivity contribution in [2.24, 2.45) is 0 Å². The van der Waals surface area contributed by atoms with Crippen LogP contribution in [0.25, 0.3) is 0 Å². The first-order chi connectivity index (χ1) is 16.6. The van der Waals surface area contributed by atoms with Gasteiger partial charge in [0.15, 0.2) is 11.6 Å². The summed E-state index contributed by atoms with van der Waals surface area (Å²) in [4.78, 5) is 22.9. The molecule has 0 radical (unpaired) electrons. The monoisotopic (exact) mass is 468 g/mol. The highest BCUT2D eigenvalue weighted by molar-refractivity contribution is 5.93. The van der Waals surface area contributed by atoms with Crippen LogP contribution in [0.3, 0.4) is 0 Å². The fourth-order valence-electron chi connectivity index (χ4n) is 3.76. The van der Waals surface area contributed by atoms with E-state index in [4.69, 9.17) is 9.26 Å². The summed E-state index contributed by atoms with van der Waals surface area (Å²) in [6.45, 7) is 5.76. The molecule has 0 atom stereocenters. The van der Waals surface area contributed by atoms with E-state index < -0.39 is 5.82 Å². The number of hydrogen-bond donors (Lipinski definition) is 2. The minimum atomic E-state index is -0.456. The van der Waals surface area contributed by atoms with Crippen LogP contribution < -0.4 is 15.4 Å². The number of benzene rings is 1. The number of rotatable bonds is 10. The molecule has 4 rings (SSSR count). The van der Waals surface area contributed by atoms with Crippen LogP contribution in [0.1, 0.15) is 47.5 Å². The lowest BCUT2D eigenvalue weighted by molar-refractivity contribution is 0.0949. The highest BCUT2D eigenvalue weighted by Gasteiger charge is 2.11. The van der Waals surface area contributed by atoms with Crippen LogP contribution in [0, 0.1) is 12.7 Å². The molecule has 1 amide bonds. The third-order valence-corrected chi connectivity index (χ3v) is 5.53. The molecule has 10 heteroatoms. The van der Waals surface area contributed by atoms with Gasteiger partial charge in [0.2, 0.25) is 5.95 Å². The van der Waals surface area contributed by atoms with Crippen LogP contribution in [-0.2, 0) is 6.54 Å². The average molecular weight is 469 g/mol. The second kappa shape index (κ2) is 11.6. The number of aromatic nitrogens is 3. The number of likely N-dealkylation sites (tertiary alicyclic amines) is 1. The first-order valence-corrected chi connectivity index (χ1v) is 11.5. The third kappa shape index (κ3) is 6.74. The van der Waals surface area contributed by atoms with Gasteiger partial charge in [0.25, 0.3) is 5.91 Å². The molecule has 180 valence electrons. The van der Waals surface area contributed by atoms with E-state index in [1.54, 1.807) is 25.1 Å². The van der Waals surface area contributed by atoms with Gasteiger partial charge in [0, 0.05) is 36.8 Å². The van der Waals surface area contributed by atoms with Gasteiger partial charge in [0.05, 0.1) is 18.7 Å². The highest BCUT2D eigenvalue weighted by atomic mass is 19.1. The predicted octanol–water partition coefficient (Wildman–Crippen LogP) is 3.84. The van der Waals surface area contributed by atoms with Gasteiger partial charge in [-0.25, -0.2) is 14.4 Å². The zero-order chi connectivity index (χ0) is 23.8. The van der Waals surface area contributed by atoms with Crippen molar-refractivity contribution >= 4 is 17.5 Å². The second-order valence-electron chi connectivity index (χ2n) is 8.28. The number of ether oxygens (including phenoxy) is 1. The van der Waals surface area contributed by atoms with Crippen molar-refractivity contribution in [1.82, 2.24) is 25.3 Å². The van der Waals surface area contributed by atoms with E-state index in [2.05, 4.69) is 30.7 Å². The molecule has 3 heterocycles. The Morgan fingerprint density at radius 2 is 1.97 bits per heavy atom. The number of nitrogens with zero attached hydrogens (tertiary/aromatic N) is 4. The normalized spacial score (nSPS) is 14.1. The van der Waals surface area contributed by atoms with Crippen molar-refractivity contribution in [3.8, 4) is 5.75 Å². The first kappa shape index (κ1) is 23.6. The standard InChI is InChI=1S/C24H29FN6O3/c1-17-12-20(30-34-17)16-26-23(32)18-14-27-24(28-15-18)29-19-6-7-22(21(25)13-19)33-11-5-10-31-8-3-2-4-9-31/h6-7,12-15H,2-5,8-11,16H2,1H3,(H,26,32)(H,27,28,29). The summed E-state index contributed by atoms with van der Waals surface area (Å²) < 4.78 is 25.0. The van der Waals surface area contributed by atoms with Gasteiger partial charge >= 0.3 is 0 Å². The Morgan fingerprint density at radius 1 is 1.18 bits per heavy atom. The molecule has 0 unspecified atom stereocenters. The van der Waals surface area contributed by atoms with Crippen molar-refractivity contribution in [3.63, 3.8) is 0 Å². The molecule has 2 N–H and O–H groups in total. The van der Waals surface area contributed by atoms with E-state index in [0.29, 0.717) is 29.3 Å². The van der Waals surface area contributed by atoms with Crippen LogP contribution in [0.5, 0.6) is 5.75 Å². The molecule has 0 saturated carbocycles. The molecule has 0 aliphatic carbocycles. The molecular weight excluding hydrogens is 439 g/mol. The van der Waals surface area contributed by atoms with Gasteiger partial charge < -0.3 is 24.8 Å². The molecule has 2 aromatic heterocycles. The number of carbonyl (C=O) groups is 1. The topological polar surface area (TPSA) is 105 Å². The molecule has 0 spiro atoms. The van der Waals surface area contributed by atoms with Crippen LogP contribution in [0.2, 0.25) is 0 Å². The van der Waals surface area contributed by atoms with Gasteiger partial charge in [-0.15, -0.1) is 0 Å². The maximum atomic E-state index is 14.5. The average Bonchev–Trinajstić information content (AvgIpc) is 3.27. The molecule has 1 fully saturated rings. The molecule has 1 aromatic carbocycles. The first-order valence-electron chi connectivity index (χ1n) is 11.5. The number of aryl methyl sites for hydroxylation is 1. The maximum Gasteiger partial charge on any atom is 0.254 e. The van der Waals surface area contributed by atoms with E-state index in [9.17, 15) is 9.18 Å². The van der Waals surface area contributed by atoms with Crippen molar-refractivity contribution in [2.75, 3.05) is 31.6 Å². The van der Waals surface area contributed by atoms with Gasteiger partial charge in [-0.3, -0.25) is 4.79 Å². The number of hydrogen-bond acceptors (Lipinski definition) is 8. The quantitative estimate of drug-likeness (QED) is 0.433. The summed E-state index contributed by atoms with van der Waals surface area (Å²) in [6, 6.07) is 6.37. The van der Waals surface area contributed by atoms with E-state index in [0.717, 1.165) is 26.1 Å². The van der Waals surface area contributed by atoms with Crippen LogP contribution in [0.15, 0.2) is 41.2 Å². The van der Waals surface area contributed by atoms with Crippen molar-refractivity contribution in [1.29, 1.82) is 0 Å². The number of piperidine rings is 1. The maximum absolute atomic E-state index is 14.5. The number of nitrogens with one attached hydrogen (secondary N) is 2. The van der Waals surface area contributed by atoms with E-state index in [1.807, 2.05) is 0 Å². The van der Waals surface area contributed by atoms with E-state index in [1.165, 1.54) is 37.7 Å². The summed E-state index contributed by atoms with van der Waals surface area (Å²) >= 11 is 0. The molecular formula is C24H29FN6O3. The van der Waals surface area contributed by atoms with Gasteiger partial charge in [-0.05, 0) is 51.4 Å². The Morgan fingerprint density at radius 3 is 2.68 bits per heavy atom. The highest BCUT2D eigenvalue weighted by Crippen LogP contribution is 2.23. The molecule has 1 aliphatic heterocycles. The fourth-order valence-corrected chi connectivity index (χ4v) is 3.76. The van der Waals surface area contributed by atoms with E-state index >= 15 is 0 Å². The van der Waals surface area contributed by atoms with Gasteiger partial charge in [-0.1, -0.05) is 11.6 Å². The number of halogens is 1. The van der Waals surface area contributed by atoms with Crippen molar-refractivity contribution < 1.29 is 18.4 Å². The zero-order valence-electron chi connectivity index (χ0n) is 19.2. The Kier molecular flexibility index (Phi) is 8.03. The smallest absolute Gasteiger partial charge is 0.254 e. The predicted molar refractivity (Wildman–Crippen MR) is 125 cm³/mol. The van der Waals surface area contributed by atoms with Crippen LogP contribution >= 0.6 is 0 Å². The fraction of sp³-hybridized carbons (Fsp3) is 0.417. The molecule has 1 aliphatic rings. The molecule has 9 nitrogen and oxygen atoms in total. The molecule has 0 bridgehead atoms. The minimum Gasteiger partial charge on any atom is -0.490 e. The van der Waals surface area contributed by atoms with E-state index in [-0.39, 0.29) is 24.1 Å². The van der Waals surface area contributed by atoms with Crippen LogP contribution in [0.4, 0.5) is 16.0 Å².